The van der Waals surface area contributed by atoms with Crippen molar-refractivity contribution in [2.24, 2.45) is 11.8 Å². The van der Waals surface area contributed by atoms with Gasteiger partial charge in [0.15, 0.2) is 0 Å². The Morgan fingerprint density at radius 2 is 1.64 bits per heavy atom. The quantitative estimate of drug-likeness (QED) is 0.609. The highest BCUT2D eigenvalue weighted by Gasteiger charge is 2.42. The Balaban J connectivity index is 1.90. The summed E-state index contributed by atoms with van der Waals surface area (Å²) >= 11 is 0. The Morgan fingerprint density at radius 1 is 1.07 bits per heavy atom. The van der Waals surface area contributed by atoms with E-state index >= 15 is 0 Å². The average Bonchev–Trinajstić information content (AvgIpc) is 2.51. The fourth-order valence-corrected chi connectivity index (χ4v) is 3.69. The molecule has 0 spiro atoms. The summed E-state index contributed by atoms with van der Waals surface area (Å²) in [6.07, 6.45) is 8.87. The maximum Gasteiger partial charge on any atom is 0.0818 e. The molecule has 0 radical (unpaired) electrons. The van der Waals surface area contributed by atoms with E-state index in [0.29, 0.717) is 0 Å². The first kappa shape index (κ1) is 10.5. The standard InChI is InChI=1S/C13H26N/c1-3-4-9-14(2)10-12-7-5-6-8-13(12)11-14/h12-13H,3-11H2,1-2H3/q+1/t12-,13-/m1/s1. The molecule has 2 fully saturated rings. The van der Waals surface area contributed by atoms with E-state index in [4.69, 9.17) is 0 Å². The molecule has 0 N–H and O–H groups in total. The number of hydrogen-bond donors (Lipinski definition) is 0. The average molecular weight is 196 g/mol. The minimum absolute atomic E-state index is 1.09. The topological polar surface area (TPSA) is 0 Å². The van der Waals surface area contributed by atoms with Crippen LogP contribution >= 0.6 is 0 Å². The second-order valence-electron chi connectivity index (χ2n) is 5.87. The molecule has 1 heteroatoms. The molecule has 0 aromatic rings. The van der Waals surface area contributed by atoms with Crippen LogP contribution < -0.4 is 0 Å². The van der Waals surface area contributed by atoms with Crippen molar-refractivity contribution in [2.75, 3.05) is 26.7 Å². The highest BCUT2D eigenvalue weighted by molar-refractivity contribution is 4.80. The number of nitrogens with zero attached hydrogens (tertiary/aromatic N) is 1. The first-order valence-electron chi connectivity index (χ1n) is 6.57. The molecule has 1 heterocycles. The van der Waals surface area contributed by atoms with Crippen LogP contribution in [0.1, 0.15) is 45.4 Å². The van der Waals surface area contributed by atoms with Crippen LogP contribution in [0.4, 0.5) is 0 Å². The van der Waals surface area contributed by atoms with E-state index in [1.54, 1.807) is 0 Å². The van der Waals surface area contributed by atoms with E-state index < -0.39 is 0 Å². The minimum Gasteiger partial charge on any atom is -0.326 e. The molecule has 0 unspecified atom stereocenters. The second-order valence-corrected chi connectivity index (χ2v) is 5.87. The lowest BCUT2D eigenvalue weighted by Gasteiger charge is -2.29. The summed E-state index contributed by atoms with van der Waals surface area (Å²) < 4.78 is 1.39. The maximum atomic E-state index is 2.49. The largest absolute Gasteiger partial charge is 0.326 e. The van der Waals surface area contributed by atoms with Crippen molar-refractivity contribution >= 4 is 0 Å². The third-order valence-electron chi connectivity index (χ3n) is 4.47. The lowest BCUT2D eigenvalue weighted by molar-refractivity contribution is -0.900. The van der Waals surface area contributed by atoms with Gasteiger partial charge in [-0.25, -0.2) is 0 Å². The molecule has 0 aromatic carbocycles. The zero-order valence-corrected chi connectivity index (χ0v) is 9.97. The summed E-state index contributed by atoms with van der Waals surface area (Å²) in [7, 11) is 2.49. The zero-order chi connectivity index (χ0) is 10.0. The number of fused-ring (bicyclic) bond motifs is 1. The SMILES string of the molecule is CCCC[N+]1(C)C[C@H]2CCCC[C@@H]2C1. The maximum absolute atomic E-state index is 2.49. The highest BCUT2D eigenvalue weighted by atomic mass is 15.3. The number of hydrogen-bond acceptors (Lipinski definition) is 0. The summed E-state index contributed by atoms with van der Waals surface area (Å²) in [5.74, 6) is 2.18. The Hall–Kier alpha value is -0.0400. The first-order chi connectivity index (χ1) is 6.73. The fraction of sp³-hybridized carbons (Fsp3) is 1.00. The van der Waals surface area contributed by atoms with Gasteiger partial charge in [0.2, 0.25) is 0 Å². The molecule has 1 saturated heterocycles. The smallest absolute Gasteiger partial charge is 0.0818 e. The van der Waals surface area contributed by atoms with Gasteiger partial charge in [0.25, 0.3) is 0 Å². The van der Waals surface area contributed by atoms with Crippen molar-refractivity contribution in [1.29, 1.82) is 0 Å². The van der Waals surface area contributed by atoms with E-state index in [-0.39, 0.29) is 0 Å². The third-order valence-corrected chi connectivity index (χ3v) is 4.47. The van der Waals surface area contributed by atoms with Gasteiger partial charge in [-0.05, 0) is 19.3 Å². The van der Waals surface area contributed by atoms with E-state index in [1.807, 2.05) is 0 Å². The summed E-state index contributed by atoms with van der Waals surface area (Å²) in [6.45, 7) is 6.73. The summed E-state index contributed by atoms with van der Waals surface area (Å²) in [4.78, 5) is 0. The highest BCUT2D eigenvalue weighted by Crippen LogP contribution is 2.38. The van der Waals surface area contributed by atoms with Crippen molar-refractivity contribution in [3.05, 3.63) is 0 Å². The molecule has 2 aliphatic rings. The van der Waals surface area contributed by atoms with Crippen LogP contribution in [0.15, 0.2) is 0 Å². The predicted molar refractivity (Wildman–Crippen MR) is 61.1 cm³/mol. The van der Waals surface area contributed by atoms with Crippen LogP contribution in [0.3, 0.4) is 0 Å². The molecular weight excluding hydrogens is 170 g/mol. The van der Waals surface area contributed by atoms with Gasteiger partial charge in [0.05, 0.1) is 26.7 Å². The lowest BCUT2D eigenvalue weighted by atomic mass is 9.82. The number of rotatable bonds is 3. The van der Waals surface area contributed by atoms with Gasteiger partial charge >= 0.3 is 0 Å². The number of unbranched alkanes of at least 4 members (excludes halogenated alkanes) is 1. The number of likely N-dealkylation sites (tertiary alicyclic amines) is 1. The van der Waals surface area contributed by atoms with Gasteiger partial charge in [-0.2, -0.15) is 0 Å². The van der Waals surface area contributed by atoms with Gasteiger partial charge in [0, 0.05) is 11.8 Å². The van der Waals surface area contributed by atoms with Crippen LogP contribution in [-0.4, -0.2) is 31.2 Å². The van der Waals surface area contributed by atoms with Gasteiger partial charge in [-0.3, -0.25) is 0 Å². The molecule has 0 amide bonds. The summed E-state index contributed by atoms with van der Waals surface area (Å²) in [6, 6.07) is 0. The molecular formula is C13H26N+. The van der Waals surface area contributed by atoms with E-state index in [0.717, 1.165) is 11.8 Å². The van der Waals surface area contributed by atoms with Crippen molar-refractivity contribution < 1.29 is 4.48 Å². The molecule has 1 saturated carbocycles. The lowest BCUT2D eigenvalue weighted by Crippen LogP contribution is -2.42. The first-order valence-corrected chi connectivity index (χ1v) is 6.57. The van der Waals surface area contributed by atoms with Crippen LogP contribution in [0, 0.1) is 11.8 Å². The van der Waals surface area contributed by atoms with E-state index in [9.17, 15) is 0 Å². The Morgan fingerprint density at radius 3 is 2.14 bits per heavy atom. The summed E-state index contributed by atoms with van der Waals surface area (Å²) in [5, 5.41) is 0. The molecule has 0 aromatic heterocycles. The van der Waals surface area contributed by atoms with Gasteiger partial charge < -0.3 is 4.48 Å². The molecule has 82 valence electrons. The fourth-order valence-electron chi connectivity index (χ4n) is 3.69. The Kier molecular flexibility index (Phi) is 3.16. The molecule has 0 bridgehead atoms. The van der Waals surface area contributed by atoms with Gasteiger partial charge in [0.1, 0.15) is 0 Å². The van der Waals surface area contributed by atoms with Crippen LogP contribution in [0.25, 0.3) is 0 Å². The van der Waals surface area contributed by atoms with Crippen LogP contribution in [-0.2, 0) is 0 Å². The van der Waals surface area contributed by atoms with Crippen molar-refractivity contribution in [2.45, 2.75) is 45.4 Å². The van der Waals surface area contributed by atoms with Crippen molar-refractivity contribution in [1.82, 2.24) is 0 Å². The summed E-state index contributed by atoms with van der Waals surface area (Å²) in [5.41, 5.74) is 0. The molecule has 14 heavy (non-hydrogen) atoms. The van der Waals surface area contributed by atoms with Gasteiger partial charge in [-0.1, -0.05) is 26.2 Å². The minimum atomic E-state index is 1.09. The molecule has 2 rings (SSSR count). The van der Waals surface area contributed by atoms with Crippen LogP contribution in [0.5, 0.6) is 0 Å². The Labute approximate surface area is 89.1 Å². The number of quaternary nitrogens is 1. The van der Waals surface area contributed by atoms with E-state index in [2.05, 4.69) is 14.0 Å². The Bertz CT molecular complexity index is 174. The molecule has 2 atom stereocenters. The molecule has 1 nitrogen and oxygen atoms in total. The van der Waals surface area contributed by atoms with Gasteiger partial charge in [-0.15, -0.1) is 0 Å². The third kappa shape index (κ3) is 2.13. The van der Waals surface area contributed by atoms with E-state index in [1.165, 1.54) is 62.6 Å². The normalized spacial score (nSPS) is 35.6. The predicted octanol–water partition coefficient (Wildman–Crippen LogP) is 3.05. The second kappa shape index (κ2) is 4.22. The van der Waals surface area contributed by atoms with Crippen molar-refractivity contribution in [3.8, 4) is 0 Å². The monoisotopic (exact) mass is 196 g/mol. The molecule has 1 aliphatic carbocycles. The zero-order valence-electron chi connectivity index (χ0n) is 9.97. The van der Waals surface area contributed by atoms with Crippen LogP contribution in [0.2, 0.25) is 0 Å². The van der Waals surface area contributed by atoms with Crippen molar-refractivity contribution in [3.63, 3.8) is 0 Å². The molecule has 1 aliphatic heterocycles.